The minimum Gasteiger partial charge on any atom is -0.370 e. The lowest BCUT2D eigenvalue weighted by Crippen LogP contribution is -2.15. The fourth-order valence-electron chi connectivity index (χ4n) is 2.26. The van der Waals surface area contributed by atoms with Gasteiger partial charge in [0.25, 0.3) is 0 Å². The lowest BCUT2D eigenvalue weighted by Gasteiger charge is -2.08. The number of rotatable bonds is 4. The Labute approximate surface area is 120 Å². The summed E-state index contributed by atoms with van der Waals surface area (Å²) in [5.74, 6) is 1.50. The van der Waals surface area contributed by atoms with Crippen molar-refractivity contribution < 1.29 is 7.54 Å². The zero-order valence-corrected chi connectivity index (χ0v) is 11.5. The number of hydrogen-bond acceptors (Lipinski definition) is 4. The highest BCUT2D eigenvalue weighted by Crippen LogP contribution is 2.38. The van der Waals surface area contributed by atoms with Crippen LogP contribution in [0.15, 0.2) is 24.5 Å². The normalized spacial score (nSPS) is 22.9. The fraction of sp³-hybridized carbons (Fsp3) is 0.400. The standard InChI is InChI=1S/C15H18N4O/c1-3-16-14-12-8-18-13(7-10(12)4-5-17-14)19-15(20)11-6-9(11)2/h4-5,7-9,11H,3,6H2,1-2H3,(H,16,17)(H,18,19,20)/i3D2. The van der Waals surface area contributed by atoms with E-state index in [1.807, 2.05) is 6.07 Å². The third kappa shape index (κ3) is 2.43. The van der Waals surface area contributed by atoms with E-state index in [9.17, 15) is 4.79 Å². The van der Waals surface area contributed by atoms with Gasteiger partial charge >= 0.3 is 0 Å². The van der Waals surface area contributed by atoms with Crippen LogP contribution in [-0.2, 0) is 4.79 Å². The Morgan fingerprint density at radius 1 is 1.55 bits per heavy atom. The Morgan fingerprint density at radius 3 is 3.05 bits per heavy atom. The SMILES string of the molecule is [2H]C([2H])(C)Nc1nccc2cc(NC(=O)C3CC3C)ncc12. The Kier molecular flexibility index (Phi) is 2.69. The van der Waals surface area contributed by atoms with E-state index >= 15 is 0 Å². The predicted octanol–water partition coefficient (Wildman–Crippen LogP) is 2.66. The first-order valence-electron chi connectivity index (χ1n) is 7.67. The van der Waals surface area contributed by atoms with Crippen molar-refractivity contribution in [1.29, 1.82) is 0 Å². The van der Waals surface area contributed by atoms with E-state index in [2.05, 4.69) is 27.5 Å². The summed E-state index contributed by atoms with van der Waals surface area (Å²) in [4.78, 5) is 20.3. The summed E-state index contributed by atoms with van der Waals surface area (Å²) in [6, 6.07) is 3.58. The molecule has 20 heavy (non-hydrogen) atoms. The molecule has 2 N–H and O–H groups in total. The molecule has 5 nitrogen and oxygen atoms in total. The van der Waals surface area contributed by atoms with Gasteiger partial charge in [0.2, 0.25) is 5.91 Å². The molecule has 2 unspecified atom stereocenters. The lowest BCUT2D eigenvalue weighted by atomic mass is 10.2. The number of amides is 1. The minimum absolute atomic E-state index is 0.0108. The fourth-order valence-corrected chi connectivity index (χ4v) is 2.26. The van der Waals surface area contributed by atoms with Crippen molar-refractivity contribution in [1.82, 2.24) is 9.97 Å². The molecule has 0 spiro atoms. The van der Waals surface area contributed by atoms with Gasteiger partial charge in [0.15, 0.2) is 0 Å². The predicted molar refractivity (Wildman–Crippen MR) is 79.6 cm³/mol. The number of fused-ring (bicyclic) bond motifs is 1. The molecule has 0 radical (unpaired) electrons. The van der Waals surface area contributed by atoms with Gasteiger partial charge in [0.05, 0.1) is 0 Å². The molecule has 0 bridgehead atoms. The molecule has 104 valence electrons. The maximum absolute atomic E-state index is 12.0. The van der Waals surface area contributed by atoms with Crippen molar-refractivity contribution in [3.05, 3.63) is 24.5 Å². The van der Waals surface area contributed by atoms with Crippen LogP contribution < -0.4 is 10.6 Å². The van der Waals surface area contributed by atoms with Crippen molar-refractivity contribution in [2.24, 2.45) is 11.8 Å². The van der Waals surface area contributed by atoms with Crippen molar-refractivity contribution in [2.45, 2.75) is 20.3 Å². The molecule has 2 atom stereocenters. The van der Waals surface area contributed by atoms with Gasteiger partial charge in [-0.15, -0.1) is 0 Å². The lowest BCUT2D eigenvalue weighted by molar-refractivity contribution is -0.117. The van der Waals surface area contributed by atoms with Crippen LogP contribution in [-0.4, -0.2) is 22.4 Å². The van der Waals surface area contributed by atoms with Crippen molar-refractivity contribution in [2.75, 3.05) is 17.1 Å². The molecule has 1 amide bonds. The average molecular weight is 272 g/mol. The van der Waals surface area contributed by atoms with Gasteiger partial charge in [-0.25, -0.2) is 9.97 Å². The third-order valence-electron chi connectivity index (χ3n) is 3.59. The zero-order chi connectivity index (χ0) is 15.9. The summed E-state index contributed by atoms with van der Waals surface area (Å²) >= 11 is 0. The second-order valence-corrected chi connectivity index (χ2v) is 5.13. The third-order valence-corrected chi connectivity index (χ3v) is 3.59. The number of anilines is 2. The molecule has 0 aliphatic heterocycles. The maximum Gasteiger partial charge on any atom is 0.228 e. The van der Waals surface area contributed by atoms with Crippen LogP contribution in [0.2, 0.25) is 0 Å². The highest BCUT2D eigenvalue weighted by atomic mass is 16.2. The van der Waals surface area contributed by atoms with Crippen molar-refractivity contribution in [3.63, 3.8) is 0 Å². The van der Waals surface area contributed by atoms with Gasteiger partial charge in [0.1, 0.15) is 11.6 Å². The molecular weight excluding hydrogens is 252 g/mol. The van der Waals surface area contributed by atoms with E-state index in [1.54, 1.807) is 18.5 Å². The molecule has 2 aromatic rings. The van der Waals surface area contributed by atoms with Crippen LogP contribution in [0.3, 0.4) is 0 Å². The van der Waals surface area contributed by atoms with Gasteiger partial charge < -0.3 is 10.6 Å². The summed E-state index contributed by atoms with van der Waals surface area (Å²) in [5.41, 5.74) is 0. The van der Waals surface area contributed by atoms with E-state index in [0.29, 0.717) is 22.9 Å². The van der Waals surface area contributed by atoms with Gasteiger partial charge in [0, 0.05) is 32.9 Å². The number of carbonyl (C=O) groups excluding carboxylic acids is 1. The van der Waals surface area contributed by atoms with Crippen molar-refractivity contribution in [3.8, 4) is 0 Å². The van der Waals surface area contributed by atoms with Gasteiger partial charge in [-0.3, -0.25) is 4.79 Å². The van der Waals surface area contributed by atoms with Crippen LogP contribution in [0.1, 0.15) is 23.0 Å². The summed E-state index contributed by atoms with van der Waals surface area (Å²) in [7, 11) is 0. The second-order valence-electron chi connectivity index (χ2n) is 5.13. The number of nitrogens with one attached hydrogen (secondary N) is 2. The molecule has 2 aromatic heterocycles. The van der Waals surface area contributed by atoms with Crippen molar-refractivity contribution >= 4 is 28.3 Å². The van der Waals surface area contributed by atoms with E-state index in [0.717, 1.165) is 11.8 Å². The Morgan fingerprint density at radius 2 is 2.35 bits per heavy atom. The average Bonchev–Trinajstić information content (AvgIpc) is 3.14. The molecule has 2 heterocycles. The molecule has 1 aliphatic rings. The molecule has 0 aromatic carbocycles. The zero-order valence-electron chi connectivity index (χ0n) is 13.5. The Hall–Kier alpha value is -2.17. The topological polar surface area (TPSA) is 66.9 Å². The van der Waals surface area contributed by atoms with Crippen LogP contribution in [0, 0.1) is 11.8 Å². The van der Waals surface area contributed by atoms with Crippen LogP contribution >= 0.6 is 0 Å². The summed E-state index contributed by atoms with van der Waals surface area (Å²) in [5, 5.41) is 7.10. The number of pyridine rings is 2. The first-order chi connectivity index (χ1) is 10.3. The largest absolute Gasteiger partial charge is 0.370 e. The highest BCUT2D eigenvalue weighted by Gasteiger charge is 2.39. The van der Waals surface area contributed by atoms with E-state index in [1.165, 1.54) is 6.92 Å². The number of carbonyl (C=O) groups is 1. The summed E-state index contributed by atoms with van der Waals surface area (Å²) in [6.45, 7) is 1.91. The van der Waals surface area contributed by atoms with E-state index in [4.69, 9.17) is 2.74 Å². The molecule has 1 saturated carbocycles. The molecular formula is C15H18N4O. The van der Waals surface area contributed by atoms with Crippen LogP contribution in [0.4, 0.5) is 11.6 Å². The molecule has 5 heteroatoms. The quantitative estimate of drug-likeness (QED) is 0.898. The molecule has 3 rings (SSSR count). The van der Waals surface area contributed by atoms with Gasteiger partial charge in [-0.1, -0.05) is 6.92 Å². The summed E-state index contributed by atoms with van der Waals surface area (Å²) < 4.78 is 15.2. The number of nitrogens with zero attached hydrogens (tertiary/aromatic N) is 2. The van der Waals surface area contributed by atoms with Gasteiger partial charge in [-0.05, 0) is 36.8 Å². The Bertz CT molecular complexity index is 729. The number of hydrogen-bond donors (Lipinski definition) is 2. The summed E-state index contributed by atoms with van der Waals surface area (Å²) in [6.07, 6.45) is 4.14. The van der Waals surface area contributed by atoms with Crippen LogP contribution in [0.25, 0.3) is 10.8 Å². The first-order valence-corrected chi connectivity index (χ1v) is 6.67. The molecule has 1 aliphatic carbocycles. The molecule has 1 fully saturated rings. The maximum atomic E-state index is 12.0. The first kappa shape index (κ1) is 10.6. The van der Waals surface area contributed by atoms with E-state index in [-0.39, 0.29) is 11.8 Å². The van der Waals surface area contributed by atoms with Crippen LogP contribution in [0.5, 0.6) is 0 Å². The monoisotopic (exact) mass is 272 g/mol. The smallest absolute Gasteiger partial charge is 0.228 e. The highest BCUT2D eigenvalue weighted by molar-refractivity contribution is 5.97. The van der Waals surface area contributed by atoms with Gasteiger partial charge in [-0.2, -0.15) is 0 Å². The number of aromatic nitrogens is 2. The minimum atomic E-state index is -1.57. The van der Waals surface area contributed by atoms with E-state index < -0.39 is 6.50 Å². The Balaban J connectivity index is 1.86. The molecule has 0 saturated heterocycles. The second kappa shape index (κ2) is 5.07.